The van der Waals surface area contributed by atoms with E-state index in [2.05, 4.69) is 35.5 Å². The first kappa shape index (κ1) is 17.0. The zero-order valence-electron chi connectivity index (χ0n) is 12.8. The van der Waals surface area contributed by atoms with Gasteiger partial charge in [-0.15, -0.1) is 10.2 Å². The third-order valence-electron chi connectivity index (χ3n) is 3.22. The number of thioether (sulfide) groups is 1. The van der Waals surface area contributed by atoms with E-state index in [9.17, 15) is 4.79 Å². The molecule has 1 heterocycles. The van der Waals surface area contributed by atoms with Gasteiger partial charge in [0.25, 0.3) is 0 Å². The quantitative estimate of drug-likeness (QED) is 0.708. The van der Waals surface area contributed by atoms with Crippen LogP contribution in [0, 0.1) is 5.92 Å². The van der Waals surface area contributed by atoms with Gasteiger partial charge < -0.3 is 9.67 Å². The van der Waals surface area contributed by atoms with Crippen molar-refractivity contribution in [2.45, 2.75) is 64.6 Å². The third kappa shape index (κ3) is 5.15. The highest BCUT2D eigenvalue weighted by Gasteiger charge is 2.17. The van der Waals surface area contributed by atoms with E-state index in [1.165, 1.54) is 24.6 Å². The molecule has 5 nitrogen and oxygen atoms in total. The average molecular weight is 299 g/mol. The normalized spacial score (nSPS) is 12.8. The molecule has 1 unspecified atom stereocenters. The lowest BCUT2D eigenvalue weighted by atomic mass is 10.0. The number of aromatic nitrogens is 3. The van der Waals surface area contributed by atoms with Crippen molar-refractivity contribution in [3.63, 3.8) is 0 Å². The van der Waals surface area contributed by atoms with Gasteiger partial charge >= 0.3 is 5.97 Å². The molecule has 1 atom stereocenters. The lowest BCUT2D eigenvalue weighted by molar-refractivity contribution is -0.133. The fourth-order valence-corrected chi connectivity index (χ4v) is 2.94. The molecule has 0 bridgehead atoms. The van der Waals surface area contributed by atoms with Crippen molar-refractivity contribution in [2.24, 2.45) is 5.92 Å². The minimum Gasteiger partial charge on any atom is -0.481 e. The van der Waals surface area contributed by atoms with Crippen LogP contribution in [-0.4, -0.2) is 31.6 Å². The molecule has 1 N–H and O–H groups in total. The van der Waals surface area contributed by atoms with Crippen molar-refractivity contribution < 1.29 is 9.90 Å². The number of carbonyl (C=O) groups is 1. The summed E-state index contributed by atoms with van der Waals surface area (Å²) in [5.41, 5.74) is 0. The van der Waals surface area contributed by atoms with Gasteiger partial charge in [0.2, 0.25) is 0 Å². The highest BCUT2D eigenvalue weighted by atomic mass is 32.2. The second-order valence-corrected chi connectivity index (χ2v) is 6.42. The molecular formula is C14H25N3O2S. The molecule has 20 heavy (non-hydrogen) atoms. The van der Waals surface area contributed by atoms with Gasteiger partial charge in [-0.1, -0.05) is 45.4 Å². The SMILES string of the molecule is CCc1nnc(SCC(=O)O)n1C(C)CCCC(C)C. The Morgan fingerprint density at radius 3 is 2.55 bits per heavy atom. The summed E-state index contributed by atoms with van der Waals surface area (Å²) >= 11 is 1.25. The summed E-state index contributed by atoms with van der Waals surface area (Å²) in [5.74, 6) is 0.861. The maximum Gasteiger partial charge on any atom is 0.313 e. The van der Waals surface area contributed by atoms with Gasteiger partial charge in [-0.3, -0.25) is 4.79 Å². The molecule has 0 aromatic carbocycles. The smallest absolute Gasteiger partial charge is 0.313 e. The first-order valence-corrected chi connectivity index (χ1v) is 8.22. The standard InChI is InChI=1S/C14H25N3O2S/c1-5-12-15-16-14(20-9-13(18)19)17(12)11(4)8-6-7-10(2)3/h10-11H,5-9H2,1-4H3,(H,18,19). The first-order chi connectivity index (χ1) is 9.45. The van der Waals surface area contributed by atoms with Crippen LogP contribution in [0.1, 0.15) is 58.8 Å². The van der Waals surface area contributed by atoms with Gasteiger partial charge in [-0.2, -0.15) is 0 Å². The van der Waals surface area contributed by atoms with Gasteiger partial charge in [-0.05, 0) is 19.3 Å². The Balaban J connectivity index is 2.73. The van der Waals surface area contributed by atoms with Gasteiger partial charge in [0.15, 0.2) is 5.16 Å². The molecule has 0 spiro atoms. The first-order valence-electron chi connectivity index (χ1n) is 7.24. The number of aryl methyl sites for hydroxylation is 1. The van der Waals surface area contributed by atoms with Crippen LogP contribution in [0.25, 0.3) is 0 Å². The van der Waals surface area contributed by atoms with E-state index in [1.54, 1.807) is 0 Å². The highest BCUT2D eigenvalue weighted by molar-refractivity contribution is 7.99. The van der Waals surface area contributed by atoms with Gasteiger partial charge in [-0.25, -0.2) is 0 Å². The molecule has 0 aliphatic carbocycles. The number of aliphatic carboxylic acids is 1. The van der Waals surface area contributed by atoms with Crippen molar-refractivity contribution >= 4 is 17.7 Å². The topological polar surface area (TPSA) is 68.0 Å². The second-order valence-electron chi connectivity index (χ2n) is 5.48. The fourth-order valence-electron chi connectivity index (χ4n) is 2.17. The van der Waals surface area contributed by atoms with Crippen LogP contribution in [0.3, 0.4) is 0 Å². The number of carboxylic acid groups (broad SMARTS) is 1. The molecule has 0 radical (unpaired) electrons. The molecular weight excluding hydrogens is 274 g/mol. The van der Waals surface area contributed by atoms with E-state index in [-0.39, 0.29) is 5.75 Å². The largest absolute Gasteiger partial charge is 0.481 e. The maximum absolute atomic E-state index is 10.7. The zero-order chi connectivity index (χ0) is 15.1. The van der Waals surface area contributed by atoms with E-state index in [0.29, 0.717) is 6.04 Å². The molecule has 6 heteroatoms. The Morgan fingerprint density at radius 1 is 1.30 bits per heavy atom. The molecule has 0 aliphatic heterocycles. The molecule has 0 aliphatic rings. The summed E-state index contributed by atoms with van der Waals surface area (Å²) in [7, 11) is 0. The summed E-state index contributed by atoms with van der Waals surface area (Å²) in [4.78, 5) is 10.7. The summed E-state index contributed by atoms with van der Waals surface area (Å²) in [5, 5.41) is 17.8. The maximum atomic E-state index is 10.7. The van der Waals surface area contributed by atoms with Crippen LogP contribution in [0.4, 0.5) is 0 Å². The van der Waals surface area contributed by atoms with Crippen LogP contribution in [-0.2, 0) is 11.2 Å². The number of hydrogen-bond donors (Lipinski definition) is 1. The number of nitrogens with zero attached hydrogens (tertiary/aromatic N) is 3. The van der Waals surface area contributed by atoms with Crippen molar-refractivity contribution in [3.05, 3.63) is 5.82 Å². The molecule has 1 aromatic rings. The second kappa shape index (κ2) is 8.29. The van der Waals surface area contributed by atoms with Crippen LogP contribution in [0.5, 0.6) is 0 Å². The zero-order valence-corrected chi connectivity index (χ0v) is 13.6. The minimum atomic E-state index is -0.824. The van der Waals surface area contributed by atoms with Gasteiger partial charge in [0.05, 0.1) is 5.75 Å². The van der Waals surface area contributed by atoms with Crippen molar-refractivity contribution in [1.29, 1.82) is 0 Å². The van der Waals surface area contributed by atoms with E-state index >= 15 is 0 Å². The lowest BCUT2D eigenvalue weighted by Crippen LogP contribution is -2.11. The Kier molecular flexibility index (Phi) is 7.05. The number of hydrogen-bond acceptors (Lipinski definition) is 4. The molecule has 1 rings (SSSR count). The monoisotopic (exact) mass is 299 g/mol. The third-order valence-corrected chi connectivity index (χ3v) is 4.15. The van der Waals surface area contributed by atoms with Gasteiger partial charge in [0, 0.05) is 12.5 Å². The highest BCUT2D eigenvalue weighted by Crippen LogP contribution is 2.25. The summed E-state index contributed by atoms with van der Waals surface area (Å²) in [6.07, 6.45) is 4.27. The summed E-state index contributed by atoms with van der Waals surface area (Å²) < 4.78 is 2.11. The Bertz CT molecular complexity index is 432. The predicted octanol–water partition coefficient (Wildman–Crippen LogP) is 3.40. The van der Waals surface area contributed by atoms with Crippen LogP contribution in [0.15, 0.2) is 5.16 Å². The van der Waals surface area contributed by atoms with E-state index in [1.807, 2.05) is 6.92 Å². The van der Waals surface area contributed by atoms with Crippen molar-refractivity contribution in [2.75, 3.05) is 5.75 Å². The number of carboxylic acids is 1. The molecule has 1 aromatic heterocycles. The van der Waals surface area contributed by atoms with Crippen LogP contribution >= 0.6 is 11.8 Å². The Morgan fingerprint density at radius 2 is 2.00 bits per heavy atom. The predicted molar refractivity (Wildman–Crippen MR) is 81.2 cm³/mol. The van der Waals surface area contributed by atoms with Crippen molar-refractivity contribution in [1.82, 2.24) is 14.8 Å². The molecule has 0 amide bonds. The number of rotatable bonds is 9. The van der Waals surface area contributed by atoms with Crippen LogP contribution < -0.4 is 0 Å². The van der Waals surface area contributed by atoms with Crippen molar-refractivity contribution in [3.8, 4) is 0 Å². The van der Waals surface area contributed by atoms with Gasteiger partial charge in [0.1, 0.15) is 5.82 Å². The fraction of sp³-hybridized carbons (Fsp3) is 0.786. The average Bonchev–Trinajstić information content (AvgIpc) is 2.78. The lowest BCUT2D eigenvalue weighted by Gasteiger charge is -2.18. The Labute approximate surface area is 125 Å². The molecule has 0 fully saturated rings. The minimum absolute atomic E-state index is 0.0283. The van der Waals surface area contributed by atoms with Crippen LogP contribution in [0.2, 0.25) is 0 Å². The van der Waals surface area contributed by atoms with E-state index in [4.69, 9.17) is 5.11 Å². The summed E-state index contributed by atoms with van der Waals surface area (Å²) in [6, 6.07) is 0.315. The molecule has 0 saturated carbocycles. The van der Waals surface area contributed by atoms with E-state index in [0.717, 1.165) is 29.7 Å². The molecule has 0 saturated heterocycles. The Hall–Kier alpha value is -1.04. The summed E-state index contributed by atoms with van der Waals surface area (Å²) in [6.45, 7) is 8.67. The van der Waals surface area contributed by atoms with E-state index < -0.39 is 5.97 Å². The molecule has 114 valence electrons.